The van der Waals surface area contributed by atoms with Gasteiger partial charge in [0, 0.05) is 29.8 Å². The minimum absolute atomic E-state index is 0.293. The van der Waals surface area contributed by atoms with E-state index in [1.54, 1.807) is 41.9 Å². The zero-order valence-electron chi connectivity index (χ0n) is 25.7. The Balaban J connectivity index is 1.06. The summed E-state index contributed by atoms with van der Waals surface area (Å²) in [6.45, 7) is 11.0. The van der Waals surface area contributed by atoms with Crippen LogP contribution >= 0.6 is 11.8 Å². The molecule has 4 aromatic rings. The first-order valence-corrected chi connectivity index (χ1v) is 15.8. The summed E-state index contributed by atoms with van der Waals surface area (Å²) < 4.78 is 46.3. The van der Waals surface area contributed by atoms with Crippen LogP contribution in [0.4, 0.5) is 18.9 Å². The average Bonchev–Trinajstić information content (AvgIpc) is 3.64. The number of rotatable bonds is 9. The van der Waals surface area contributed by atoms with E-state index in [2.05, 4.69) is 27.0 Å². The van der Waals surface area contributed by atoms with Crippen molar-refractivity contribution in [1.82, 2.24) is 20.1 Å². The number of benzene rings is 3. The van der Waals surface area contributed by atoms with Gasteiger partial charge in [-0.3, -0.25) is 4.90 Å². The fraction of sp³-hybridized carbons (Fsp3) is 0.286. The summed E-state index contributed by atoms with van der Waals surface area (Å²) in [6, 6.07) is 21.0. The van der Waals surface area contributed by atoms with E-state index in [0.29, 0.717) is 52.5 Å². The Morgan fingerprint density at radius 1 is 1.09 bits per heavy atom. The molecular weight excluding hydrogens is 593 g/mol. The second-order valence-corrected chi connectivity index (χ2v) is 13.1. The number of hydrogen-bond acceptors (Lipinski definition) is 5. The van der Waals surface area contributed by atoms with E-state index in [0.717, 1.165) is 34.4 Å². The van der Waals surface area contributed by atoms with Crippen molar-refractivity contribution >= 4 is 22.6 Å². The zero-order valence-corrected chi connectivity index (χ0v) is 26.6. The molecule has 0 radical (unpaired) electrons. The summed E-state index contributed by atoms with van der Waals surface area (Å²) >= 11 is 1.37. The van der Waals surface area contributed by atoms with Crippen molar-refractivity contribution < 1.29 is 13.2 Å². The molecule has 1 N–H and O–H groups in total. The van der Waals surface area contributed by atoms with E-state index in [1.807, 2.05) is 61.5 Å². The maximum absolute atomic E-state index is 15.4. The number of halogens is 3. The fourth-order valence-corrected chi connectivity index (χ4v) is 6.61. The number of hydrogen-bond donors (Lipinski definition) is 1. The van der Waals surface area contributed by atoms with Gasteiger partial charge < -0.3 is 5.32 Å². The standard InChI is InChI=1S/C35H35F3N6S/c1-22-6-15-28-29(18-22)44-30(31(36)35(28,5)38)20-45-33(44)41-23(2)39-17-16-24-7-11-26(12-8-24)32-40-21-43(42-32)27-13-9-25(10-14-27)19-34(3,4)37/h6-15,18,21,39H,2,16-17,19-20H2,1,3-5H3/b41-33-. The maximum Gasteiger partial charge on any atom is 0.188 e. The Labute approximate surface area is 265 Å². The van der Waals surface area contributed by atoms with E-state index < -0.39 is 17.2 Å². The van der Waals surface area contributed by atoms with Gasteiger partial charge >= 0.3 is 0 Å². The minimum atomic E-state index is -2.17. The molecule has 0 aliphatic carbocycles. The van der Waals surface area contributed by atoms with Crippen molar-refractivity contribution in [2.75, 3.05) is 17.2 Å². The Morgan fingerprint density at radius 2 is 1.80 bits per heavy atom. The number of amidine groups is 1. The molecular formula is C35H35F3N6S. The summed E-state index contributed by atoms with van der Waals surface area (Å²) in [5.74, 6) is 0.595. The smallest absolute Gasteiger partial charge is 0.188 e. The molecule has 3 aromatic carbocycles. The Bertz CT molecular complexity index is 1800. The predicted molar refractivity (Wildman–Crippen MR) is 177 cm³/mol. The molecule has 0 bridgehead atoms. The van der Waals surface area contributed by atoms with E-state index in [4.69, 9.17) is 0 Å². The van der Waals surface area contributed by atoms with Crippen LogP contribution in [0.2, 0.25) is 0 Å². The number of anilines is 1. The largest absolute Gasteiger partial charge is 0.370 e. The van der Waals surface area contributed by atoms with Crippen LogP contribution in [0.1, 0.15) is 43.0 Å². The first-order chi connectivity index (χ1) is 21.4. The van der Waals surface area contributed by atoms with E-state index in [-0.39, 0.29) is 0 Å². The second kappa shape index (κ2) is 11.9. The third kappa shape index (κ3) is 6.42. The van der Waals surface area contributed by atoms with Crippen LogP contribution in [0.15, 0.2) is 102 Å². The highest BCUT2D eigenvalue weighted by atomic mass is 32.2. The summed E-state index contributed by atoms with van der Waals surface area (Å²) in [5.41, 5.74) is 2.53. The van der Waals surface area contributed by atoms with Crippen LogP contribution < -0.4 is 10.2 Å². The summed E-state index contributed by atoms with van der Waals surface area (Å²) in [7, 11) is 0. The minimum Gasteiger partial charge on any atom is -0.370 e. The summed E-state index contributed by atoms with van der Waals surface area (Å²) in [6.07, 6.45) is 2.75. The number of nitrogens with one attached hydrogen (secondary N) is 1. The molecule has 6 nitrogen and oxygen atoms in total. The molecule has 0 saturated carbocycles. The molecule has 1 aromatic heterocycles. The van der Waals surface area contributed by atoms with Gasteiger partial charge in [0.2, 0.25) is 0 Å². The second-order valence-electron chi connectivity index (χ2n) is 12.2. The molecule has 45 heavy (non-hydrogen) atoms. The van der Waals surface area contributed by atoms with Crippen molar-refractivity contribution in [3.63, 3.8) is 0 Å². The SMILES string of the molecule is C=C(/N=C1\SCC2=C(F)C(C)(F)c3ccc(C)cc3N21)NCCc1ccc(-c2ncn(-c3ccc(CC(C)(C)F)cc3)n2)cc1. The van der Waals surface area contributed by atoms with Crippen LogP contribution in [0.25, 0.3) is 17.1 Å². The number of alkyl halides is 2. The first kappa shape index (κ1) is 30.7. The third-order valence-corrected chi connectivity index (χ3v) is 8.82. The van der Waals surface area contributed by atoms with Gasteiger partial charge in [-0.1, -0.05) is 66.9 Å². The molecule has 3 heterocycles. The van der Waals surface area contributed by atoms with Crippen molar-refractivity contribution in [2.24, 2.45) is 4.99 Å². The zero-order chi connectivity index (χ0) is 31.9. The van der Waals surface area contributed by atoms with Crippen LogP contribution in [-0.4, -0.2) is 37.9 Å². The van der Waals surface area contributed by atoms with Gasteiger partial charge in [0.15, 0.2) is 22.5 Å². The quantitative estimate of drug-likeness (QED) is 0.203. The fourth-order valence-electron chi connectivity index (χ4n) is 5.58. The number of nitrogens with zero attached hydrogens (tertiary/aromatic N) is 5. The lowest BCUT2D eigenvalue weighted by atomic mass is 9.89. The monoisotopic (exact) mass is 628 g/mol. The molecule has 10 heteroatoms. The first-order valence-electron chi connectivity index (χ1n) is 14.8. The highest BCUT2D eigenvalue weighted by Crippen LogP contribution is 2.51. The number of fused-ring (bicyclic) bond motifs is 3. The van der Waals surface area contributed by atoms with Gasteiger partial charge in [-0.2, -0.15) is 0 Å². The Morgan fingerprint density at radius 3 is 2.51 bits per heavy atom. The molecule has 1 saturated heterocycles. The number of aryl methyl sites for hydroxylation is 1. The molecule has 0 amide bonds. The Kier molecular flexibility index (Phi) is 8.11. The summed E-state index contributed by atoms with van der Waals surface area (Å²) in [4.78, 5) is 10.8. The molecule has 1 unspecified atom stereocenters. The Hall–Kier alpha value is -4.31. The van der Waals surface area contributed by atoms with Gasteiger partial charge in [0.25, 0.3) is 0 Å². The lowest BCUT2D eigenvalue weighted by molar-refractivity contribution is 0.195. The molecule has 1 fully saturated rings. The lowest BCUT2D eigenvalue weighted by Crippen LogP contribution is -2.35. The van der Waals surface area contributed by atoms with E-state index in [9.17, 15) is 4.39 Å². The number of aliphatic imine (C=N–C) groups is 1. The van der Waals surface area contributed by atoms with Crippen LogP contribution in [0.5, 0.6) is 0 Å². The van der Waals surface area contributed by atoms with Crippen molar-refractivity contribution in [3.8, 4) is 17.1 Å². The molecule has 2 aliphatic heterocycles. The third-order valence-electron chi connectivity index (χ3n) is 7.87. The van der Waals surface area contributed by atoms with Crippen molar-refractivity contribution in [2.45, 2.75) is 51.9 Å². The number of thioether (sulfide) groups is 1. The molecule has 2 aliphatic rings. The summed E-state index contributed by atoms with van der Waals surface area (Å²) in [5, 5.41) is 8.43. The van der Waals surface area contributed by atoms with Gasteiger partial charge in [0.05, 0.1) is 17.1 Å². The van der Waals surface area contributed by atoms with Crippen LogP contribution in [0.3, 0.4) is 0 Å². The number of allylic oxidation sites excluding steroid dienone is 1. The van der Waals surface area contributed by atoms with Crippen LogP contribution in [-0.2, 0) is 18.5 Å². The lowest BCUT2D eigenvalue weighted by Gasteiger charge is -2.34. The normalized spacial score (nSPS) is 18.7. The van der Waals surface area contributed by atoms with E-state index >= 15 is 8.78 Å². The van der Waals surface area contributed by atoms with E-state index in [1.165, 1.54) is 18.7 Å². The van der Waals surface area contributed by atoms with Gasteiger partial charge in [-0.15, -0.1) is 5.10 Å². The highest BCUT2D eigenvalue weighted by molar-refractivity contribution is 8.14. The van der Waals surface area contributed by atoms with Crippen molar-refractivity contribution in [1.29, 1.82) is 0 Å². The average molecular weight is 629 g/mol. The van der Waals surface area contributed by atoms with Gasteiger partial charge in [-0.25, -0.2) is 27.8 Å². The molecule has 0 spiro atoms. The predicted octanol–water partition coefficient (Wildman–Crippen LogP) is 8.13. The molecule has 232 valence electrons. The molecule has 6 rings (SSSR count). The van der Waals surface area contributed by atoms with Crippen LogP contribution in [0, 0.1) is 6.92 Å². The van der Waals surface area contributed by atoms with Gasteiger partial charge in [0.1, 0.15) is 17.8 Å². The topological polar surface area (TPSA) is 58.3 Å². The maximum atomic E-state index is 15.4. The van der Waals surface area contributed by atoms with Crippen molar-refractivity contribution in [3.05, 3.63) is 119 Å². The highest BCUT2D eigenvalue weighted by Gasteiger charge is 2.46. The number of aromatic nitrogens is 3. The molecule has 1 atom stereocenters. The van der Waals surface area contributed by atoms with Gasteiger partial charge in [-0.05, 0) is 69.0 Å².